The van der Waals surface area contributed by atoms with Crippen LogP contribution in [0.5, 0.6) is 0 Å². The summed E-state index contributed by atoms with van der Waals surface area (Å²) < 4.78 is 6.86. The third-order valence-electron chi connectivity index (χ3n) is 4.01. The molecular formula is C16H16Br2O. The topological polar surface area (TPSA) is 9.23 Å². The van der Waals surface area contributed by atoms with Crippen molar-refractivity contribution in [1.29, 1.82) is 0 Å². The SMILES string of the molecule is CC1OCCC1C(Br)c1ccc(Br)c2ccccc12. The van der Waals surface area contributed by atoms with Crippen molar-refractivity contribution in [2.75, 3.05) is 6.61 Å². The van der Waals surface area contributed by atoms with Gasteiger partial charge in [-0.15, -0.1) is 0 Å². The maximum Gasteiger partial charge on any atom is 0.0589 e. The summed E-state index contributed by atoms with van der Waals surface area (Å²) >= 11 is 7.54. The van der Waals surface area contributed by atoms with E-state index >= 15 is 0 Å². The fraction of sp³-hybridized carbons (Fsp3) is 0.375. The van der Waals surface area contributed by atoms with E-state index in [-0.39, 0.29) is 0 Å². The highest BCUT2D eigenvalue weighted by molar-refractivity contribution is 9.10. The van der Waals surface area contributed by atoms with Crippen molar-refractivity contribution in [3.05, 3.63) is 46.4 Å². The third kappa shape index (κ3) is 2.48. The zero-order valence-corrected chi connectivity index (χ0v) is 13.9. The van der Waals surface area contributed by atoms with Gasteiger partial charge in [0.25, 0.3) is 0 Å². The fourth-order valence-corrected chi connectivity index (χ4v) is 4.46. The molecule has 0 amide bonds. The maximum atomic E-state index is 5.70. The van der Waals surface area contributed by atoms with Crippen LogP contribution >= 0.6 is 31.9 Å². The third-order valence-corrected chi connectivity index (χ3v) is 5.88. The highest BCUT2D eigenvalue weighted by atomic mass is 79.9. The lowest BCUT2D eigenvalue weighted by atomic mass is 9.91. The zero-order valence-electron chi connectivity index (χ0n) is 10.8. The van der Waals surface area contributed by atoms with Crippen LogP contribution in [0, 0.1) is 5.92 Å². The predicted octanol–water partition coefficient (Wildman–Crippen LogP) is 5.46. The van der Waals surface area contributed by atoms with Crippen LogP contribution in [0.1, 0.15) is 23.7 Å². The summed E-state index contributed by atoms with van der Waals surface area (Å²) in [4.78, 5) is 0.350. The lowest BCUT2D eigenvalue weighted by molar-refractivity contribution is 0.105. The van der Waals surface area contributed by atoms with Crippen LogP contribution in [0.3, 0.4) is 0 Å². The van der Waals surface area contributed by atoms with Gasteiger partial charge >= 0.3 is 0 Å². The second-order valence-electron chi connectivity index (χ2n) is 5.11. The van der Waals surface area contributed by atoms with Gasteiger partial charge in [0, 0.05) is 21.8 Å². The Morgan fingerprint density at radius 1 is 1.16 bits per heavy atom. The first kappa shape index (κ1) is 13.6. The first-order valence-corrected chi connectivity index (χ1v) is 8.32. The average Bonchev–Trinajstić information content (AvgIpc) is 2.85. The molecule has 0 radical (unpaired) electrons. The number of halogens is 2. The van der Waals surface area contributed by atoms with E-state index in [2.05, 4.69) is 75.2 Å². The van der Waals surface area contributed by atoms with Crippen molar-refractivity contribution in [1.82, 2.24) is 0 Å². The number of alkyl halides is 1. The summed E-state index contributed by atoms with van der Waals surface area (Å²) in [5, 5.41) is 2.59. The summed E-state index contributed by atoms with van der Waals surface area (Å²) in [6, 6.07) is 12.9. The molecule has 0 saturated carbocycles. The van der Waals surface area contributed by atoms with Crippen LogP contribution in [0.15, 0.2) is 40.9 Å². The molecule has 1 fully saturated rings. The molecule has 0 aromatic heterocycles. The van der Waals surface area contributed by atoms with E-state index in [0.717, 1.165) is 17.5 Å². The van der Waals surface area contributed by atoms with Crippen molar-refractivity contribution in [2.45, 2.75) is 24.3 Å². The normalized spacial score (nSPS) is 24.8. The molecule has 1 heterocycles. The van der Waals surface area contributed by atoms with Crippen LogP contribution in [0.2, 0.25) is 0 Å². The zero-order chi connectivity index (χ0) is 13.4. The standard InChI is InChI=1S/C16H16Br2O/c1-10-11(8-9-19-10)16(18)14-6-7-15(17)13-5-3-2-4-12(13)14/h2-7,10-11,16H,8-9H2,1H3. The molecule has 1 saturated heterocycles. The smallest absolute Gasteiger partial charge is 0.0589 e. The minimum absolute atomic E-state index is 0.326. The highest BCUT2D eigenvalue weighted by Gasteiger charge is 2.32. The van der Waals surface area contributed by atoms with Gasteiger partial charge in [-0.25, -0.2) is 0 Å². The molecule has 0 aliphatic carbocycles. The Morgan fingerprint density at radius 2 is 1.89 bits per heavy atom. The molecule has 100 valence electrons. The molecule has 3 unspecified atom stereocenters. The Kier molecular flexibility index (Phi) is 3.97. The predicted molar refractivity (Wildman–Crippen MR) is 86.8 cm³/mol. The van der Waals surface area contributed by atoms with Crippen LogP contribution in [-0.4, -0.2) is 12.7 Å². The first-order chi connectivity index (χ1) is 9.18. The van der Waals surface area contributed by atoms with E-state index in [9.17, 15) is 0 Å². The lowest BCUT2D eigenvalue weighted by Gasteiger charge is -2.22. The van der Waals surface area contributed by atoms with Gasteiger partial charge < -0.3 is 4.74 Å². The molecule has 1 aliphatic heterocycles. The summed E-state index contributed by atoms with van der Waals surface area (Å²) in [6.07, 6.45) is 1.45. The fourth-order valence-electron chi connectivity index (χ4n) is 2.89. The molecule has 2 aromatic carbocycles. The molecule has 1 nitrogen and oxygen atoms in total. The first-order valence-electron chi connectivity index (χ1n) is 6.61. The number of hydrogen-bond acceptors (Lipinski definition) is 1. The van der Waals surface area contributed by atoms with Gasteiger partial charge in [-0.2, -0.15) is 0 Å². The summed E-state index contributed by atoms with van der Waals surface area (Å²) in [6.45, 7) is 3.05. The van der Waals surface area contributed by atoms with E-state index in [4.69, 9.17) is 4.74 Å². The Labute approximate surface area is 130 Å². The Morgan fingerprint density at radius 3 is 2.58 bits per heavy atom. The van der Waals surface area contributed by atoms with Crippen LogP contribution in [0.4, 0.5) is 0 Å². The van der Waals surface area contributed by atoms with Gasteiger partial charge in [-0.05, 0) is 35.7 Å². The maximum absolute atomic E-state index is 5.70. The molecular weight excluding hydrogens is 368 g/mol. The van der Waals surface area contributed by atoms with Gasteiger partial charge in [0.05, 0.1) is 6.10 Å². The molecule has 0 N–H and O–H groups in total. The van der Waals surface area contributed by atoms with Gasteiger partial charge in [0.15, 0.2) is 0 Å². The minimum atomic E-state index is 0.326. The quantitative estimate of drug-likeness (QED) is 0.625. The Bertz CT molecular complexity index is 596. The van der Waals surface area contributed by atoms with Crippen molar-refractivity contribution in [3.8, 4) is 0 Å². The second kappa shape index (κ2) is 5.55. The van der Waals surface area contributed by atoms with Crippen molar-refractivity contribution in [2.24, 2.45) is 5.92 Å². The number of hydrogen-bond donors (Lipinski definition) is 0. The number of ether oxygens (including phenoxy) is 1. The minimum Gasteiger partial charge on any atom is -0.378 e. The van der Waals surface area contributed by atoms with Gasteiger partial charge in [0.2, 0.25) is 0 Å². The summed E-state index contributed by atoms with van der Waals surface area (Å²) in [7, 11) is 0. The molecule has 3 rings (SSSR count). The average molecular weight is 384 g/mol. The molecule has 0 bridgehead atoms. The van der Waals surface area contributed by atoms with E-state index in [0.29, 0.717) is 16.8 Å². The summed E-state index contributed by atoms with van der Waals surface area (Å²) in [5.41, 5.74) is 1.36. The number of benzene rings is 2. The monoisotopic (exact) mass is 382 g/mol. The van der Waals surface area contributed by atoms with E-state index in [1.165, 1.54) is 16.3 Å². The van der Waals surface area contributed by atoms with E-state index < -0.39 is 0 Å². The molecule has 2 aromatic rings. The van der Waals surface area contributed by atoms with Crippen LogP contribution in [0.25, 0.3) is 10.8 Å². The van der Waals surface area contributed by atoms with Crippen molar-refractivity contribution >= 4 is 42.6 Å². The Balaban J connectivity index is 2.07. The van der Waals surface area contributed by atoms with Gasteiger partial charge in [-0.1, -0.05) is 62.2 Å². The number of fused-ring (bicyclic) bond motifs is 1. The van der Waals surface area contributed by atoms with Crippen LogP contribution < -0.4 is 0 Å². The number of rotatable bonds is 2. The molecule has 19 heavy (non-hydrogen) atoms. The van der Waals surface area contributed by atoms with Crippen LogP contribution in [-0.2, 0) is 4.74 Å². The van der Waals surface area contributed by atoms with Crippen molar-refractivity contribution in [3.63, 3.8) is 0 Å². The van der Waals surface area contributed by atoms with Crippen molar-refractivity contribution < 1.29 is 4.74 Å². The largest absolute Gasteiger partial charge is 0.378 e. The highest BCUT2D eigenvalue weighted by Crippen LogP contribution is 2.42. The molecule has 3 heteroatoms. The second-order valence-corrected chi connectivity index (χ2v) is 6.95. The van der Waals surface area contributed by atoms with E-state index in [1.54, 1.807) is 0 Å². The molecule has 0 spiro atoms. The Hall–Kier alpha value is -0.380. The van der Waals surface area contributed by atoms with E-state index in [1.807, 2.05) is 0 Å². The van der Waals surface area contributed by atoms with Gasteiger partial charge in [-0.3, -0.25) is 0 Å². The van der Waals surface area contributed by atoms with Gasteiger partial charge in [0.1, 0.15) is 0 Å². The molecule has 1 aliphatic rings. The summed E-state index contributed by atoms with van der Waals surface area (Å²) in [5.74, 6) is 0.546. The lowest BCUT2D eigenvalue weighted by Crippen LogP contribution is -2.16. The molecule has 3 atom stereocenters.